The number of aryl methyl sites for hydroxylation is 1. The molecule has 0 nitrogen and oxygen atoms in total. The highest BCUT2D eigenvalue weighted by Gasteiger charge is 2.20. The molecule has 0 saturated heterocycles. The molecule has 0 heterocycles. The first-order chi connectivity index (χ1) is 13.6. The third-order valence-corrected chi connectivity index (χ3v) is 6.29. The minimum Gasteiger partial charge on any atom is -0.204 e. The maximum Gasteiger partial charge on any atom is 0.194 e. The molecule has 0 unspecified atom stereocenters. The second kappa shape index (κ2) is 10.1. The summed E-state index contributed by atoms with van der Waals surface area (Å²) >= 11 is 0. The number of benzene rings is 2. The van der Waals surface area contributed by atoms with E-state index in [1.54, 1.807) is 0 Å². The van der Waals surface area contributed by atoms with Crippen molar-refractivity contribution < 1.29 is 13.2 Å². The van der Waals surface area contributed by atoms with Crippen molar-refractivity contribution in [1.29, 1.82) is 0 Å². The molecule has 152 valence electrons. The molecule has 2 aromatic carbocycles. The van der Waals surface area contributed by atoms with Gasteiger partial charge in [-0.05, 0) is 53.5 Å². The lowest BCUT2D eigenvalue weighted by Crippen LogP contribution is -2.15. The smallest absolute Gasteiger partial charge is 0.194 e. The summed E-state index contributed by atoms with van der Waals surface area (Å²) < 4.78 is 40.0. The van der Waals surface area contributed by atoms with E-state index in [2.05, 4.69) is 6.92 Å². The maximum atomic E-state index is 13.4. The Hall–Kier alpha value is -1.77. The molecule has 1 saturated carbocycles. The van der Waals surface area contributed by atoms with Gasteiger partial charge in [0.15, 0.2) is 17.5 Å². The number of rotatable bonds is 8. The number of hydrogen-bond donors (Lipinski definition) is 0. The van der Waals surface area contributed by atoms with Crippen molar-refractivity contribution in [3.05, 3.63) is 59.4 Å². The molecule has 1 aliphatic rings. The Kier molecular flexibility index (Phi) is 7.58. The van der Waals surface area contributed by atoms with E-state index >= 15 is 0 Å². The maximum absolute atomic E-state index is 13.4. The summed E-state index contributed by atoms with van der Waals surface area (Å²) in [6, 6.07) is 9.87. The van der Waals surface area contributed by atoms with Gasteiger partial charge in [-0.3, -0.25) is 0 Å². The monoisotopic (exact) mass is 388 g/mol. The Bertz CT molecular complexity index is 720. The lowest BCUT2D eigenvalue weighted by molar-refractivity contribution is 0.249. The molecular formula is C25H31F3. The summed E-state index contributed by atoms with van der Waals surface area (Å²) in [7, 11) is 0. The van der Waals surface area contributed by atoms with E-state index in [9.17, 15) is 13.2 Å². The standard InChI is InChI=1S/C25H31F3/c1-2-3-4-5-18-6-8-19(9-7-18)10-11-20-12-14-21(15-13-20)22-16-23(26)25(28)24(27)17-22/h12-19H,2-11H2,1H3/t18-,19-. The Balaban J connectivity index is 1.48. The first-order valence-corrected chi connectivity index (χ1v) is 10.8. The van der Waals surface area contributed by atoms with E-state index in [0.29, 0.717) is 11.1 Å². The molecule has 0 radical (unpaired) electrons. The zero-order chi connectivity index (χ0) is 19.9. The average molecular weight is 389 g/mol. The van der Waals surface area contributed by atoms with Crippen molar-refractivity contribution >= 4 is 0 Å². The molecule has 0 spiro atoms. The van der Waals surface area contributed by atoms with Crippen molar-refractivity contribution in [1.82, 2.24) is 0 Å². The van der Waals surface area contributed by atoms with Crippen LogP contribution in [-0.4, -0.2) is 0 Å². The topological polar surface area (TPSA) is 0 Å². The number of unbranched alkanes of at least 4 members (excludes halogenated alkanes) is 2. The van der Waals surface area contributed by atoms with Crippen LogP contribution in [-0.2, 0) is 6.42 Å². The molecule has 0 N–H and O–H groups in total. The van der Waals surface area contributed by atoms with E-state index in [-0.39, 0.29) is 0 Å². The summed E-state index contributed by atoms with van der Waals surface area (Å²) in [4.78, 5) is 0. The van der Waals surface area contributed by atoms with Crippen LogP contribution in [0, 0.1) is 29.3 Å². The van der Waals surface area contributed by atoms with Gasteiger partial charge in [-0.1, -0.05) is 82.6 Å². The molecule has 0 bridgehead atoms. The van der Waals surface area contributed by atoms with Crippen LogP contribution in [0.4, 0.5) is 13.2 Å². The van der Waals surface area contributed by atoms with Gasteiger partial charge < -0.3 is 0 Å². The minimum atomic E-state index is -1.42. The largest absolute Gasteiger partial charge is 0.204 e. The molecule has 2 aromatic rings. The fraction of sp³-hybridized carbons (Fsp3) is 0.520. The molecule has 28 heavy (non-hydrogen) atoms. The van der Waals surface area contributed by atoms with Gasteiger partial charge in [-0.2, -0.15) is 0 Å². The fourth-order valence-corrected chi connectivity index (χ4v) is 4.45. The summed E-state index contributed by atoms with van der Waals surface area (Å²) in [5, 5.41) is 0. The van der Waals surface area contributed by atoms with Crippen molar-refractivity contribution in [3.63, 3.8) is 0 Å². The fourth-order valence-electron chi connectivity index (χ4n) is 4.45. The van der Waals surface area contributed by atoms with Gasteiger partial charge in [0.1, 0.15) is 0 Å². The molecule has 1 fully saturated rings. The summed E-state index contributed by atoms with van der Waals surface area (Å²) in [6.45, 7) is 2.26. The lowest BCUT2D eigenvalue weighted by atomic mass is 9.78. The van der Waals surface area contributed by atoms with Crippen LogP contribution < -0.4 is 0 Å². The third kappa shape index (κ3) is 5.62. The summed E-state index contributed by atoms with van der Waals surface area (Å²) in [6.07, 6.45) is 13.2. The molecule has 3 heteroatoms. The first kappa shape index (κ1) is 21.0. The average Bonchev–Trinajstić information content (AvgIpc) is 2.71. The molecule has 0 atom stereocenters. The van der Waals surface area contributed by atoms with Crippen molar-refractivity contribution in [2.24, 2.45) is 11.8 Å². The predicted octanol–water partition coefficient (Wildman–Crippen LogP) is 8.09. The Morgan fingerprint density at radius 1 is 0.750 bits per heavy atom. The zero-order valence-electron chi connectivity index (χ0n) is 16.8. The first-order valence-electron chi connectivity index (χ1n) is 10.8. The molecule has 0 amide bonds. The van der Waals surface area contributed by atoms with Crippen molar-refractivity contribution in [3.8, 4) is 11.1 Å². The highest BCUT2D eigenvalue weighted by Crippen LogP contribution is 2.34. The van der Waals surface area contributed by atoms with Crippen LogP contribution in [0.5, 0.6) is 0 Å². The summed E-state index contributed by atoms with van der Waals surface area (Å²) in [5.74, 6) is -1.95. The van der Waals surface area contributed by atoms with Crippen LogP contribution in [0.1, 0.15) is 70.3 Å². The van der Waals surface area contributed by atoms with E-state index in [1.807, 2.05) is 24.3 Å². The molecule has 0 aromatic heterocycles. The third-order valence-electron chi connectivity index (χ3n) is 6.29. The van der Waals surface area contributed by atoms with E-state index in [0.717, 1.165) is 30.4 Å². The SMILES string of the molecule is CCCCC[C@H]1CC[C@H](CCc2ccc(-c3cc(F)c(F)c(F)c3)cc2)CC1. The molecular weight excluding hydrogens is 357 g/mol. The Labute approximate surface area is 167 Å². The highest BCUT2D eigenvalue weighted by molar-refractivity contribution is 5.63. The zero-order valence-corrected chi connectivity index (χ0v) is 16.8. The van der Waals surface area contributed by atoms with Crippen LogP contribution in [0.3, 0.4) is 0 Å². The second-order valence-electron chi connectivity index (χ2n) is 8.37. The minimum absolute atomic E-state index is 0.365. The van der Waals surface area contributed by atoms with Gasteiger partial charge in [-0.15, -0.1) is 0 Å². The normalized spacial score (nSPS) is 19.7. The molecule has 0 aliphatic heterocycles. The predicted molar refractivity (Wildman–Crippen MR) is 110 cm³/mol. The van der Waals surface area contributed by atoms with E-state index in [4.69, 9.17) is 0 Å². The Morgan fingerprint density at radius 3 is 1.89 bits per heavy atom. The van der Waals surface area contributed by atoms with E-state index in [1.165, 1.54) is 63.4 Å². The van der Waals surface area contributed by atoms with Gasteiger partial charge in [-0.25, -0.2) is 13.2 Å². The van der Waals surface area contributed by atoms with Gasteiger partial charge in [0.25, 0.3) is 0 Å². The van der Waals surface area contributed by atoms with Gasteiger partial charge in [0.05, 0.1) is 0 Å². The van der Waals surface area contributed by atoms with E-state index < -0.39 is 17.5 Å². The summed E-state index contributed by atoms with van der Waals surface area (Å²) in [5.41, 5.74) is 2.32. The number of hydrogen-bond acceptors (Lipinski definition) is 0. The highest BCUT2D eigenvalue weighted by atomic mass is 19.2. The van der Waals surface area contributed by atoms with Crippen molar-refractivity contribution in [2.75, 3.05) is 0 Å². The number of halogens is 3. The molecule has 1 aliphatic carbocycles. The second-order valence-corrected chi connectivity index (χ2v) is 8.37. The lowest BCUT2D eigenvalue weighted by Gasteiger charge is -2.28. The van der Waals surface area contributed by atoms with Crippen LogP contribution >= 0.6 is 0 Å². The Morgan fingerprint density at radius 2 is 1.32 bits per heavy atom. The van der Waals surface area contributed by atoms with Crippen molar-refractivity contribution in [2.45, 2.75) is 71.1 Å². The molecule has 3 rings (SSSR count). The van der Waals surface area contributed by atoms with Crippen LogP contribution in [0.25, 0.3) is 11.1 Å². The van der Waals surface area contributed by atoms with Gasteiger partial charge in [0, 0.05) is 0 Å². The van der Waals surface area contributed by atoms with Gasteiger partial charge >= 0.3 is 0 Å². The van der Waals surface area contributed by atoms with Crippen LogP contribution in [0.2, 0.25) is 0 Å². The quantitative estimate of drug-likeness (QED) is 0.317. The van der Waals surface area contributed by atoms with Gasteiger partial charge in [0.2, 0.25) is 0 Å². The van der Waals surface area contributed by atoms with Crippen LogP contribution in [0.15, 0.2) is 36.4 Å².